The maximum absolute atomic E-state index is 12.9. The molecule has 0 bridgehead atoms. The van der Waals surface area contributed by atoms with E-state index in [9.17, 15) is 14.4 Å². The highest BCUT2D eigenvalue weighted by Gasteiger charge is 2.19. The molecule has 0 saturated heterocycles. The van der Waals surface area contributed by atoms with E-state index in [-0.39, 0.29) is 31.1 Å². The van der Waals surface area contributed by atoms with Crippen molar-refractivity contribution < 1.29 is 28.6 Å². The predicted molar refractivity (Wildman–Crippen MR) is 307 cm³/mol. The van der Waals surface area contributed by atoms with Crippen LogP contribution in [0, 0.1) is 0 Å². The Bertz CT molecular complexity index is 1280. The summed E-state index contributed by atoms with van der Waals surface area (Å²) in [6, 6.07) is 0. The summed E-state index contributed by atoms with van der Waals surface area (Å²) >= 11 is 0. The van der Waals surface area contributed by atoms with Crippen molar-refractivity contribution in [3.05, 3.63) is 60.8 Å². The van der Waals surface area contributed by atoms with Gasteiger partial charge in [0.15, 0.2) is 6.10 Å². The van der Waals surface area contributed by atoms with Gasteiger partial charge in [0.2, 0.25) is 0 Å². The molecule has 412 valence electrons. The summed E-state index contributed by atoms with van der Waals surface area (Å²) in [5.41, 5.74) is 0. The molecule has 6 heteroatoms. The maximum Gasteiger partial charge on any atom is 0.306 e. The first-order valence-electron chi connectivity index (χ1n) is 30.8. The molecule has 0 heterocycles. The highest BCUT2D eigenvalue weighted by atomic mass is 16.6. The van der Waals surface area contributed by atoms with Gasteiger partial charge in [-0.25, -0.2) is 0 Å². The molecule has 0 N–H and O–H groups in total. The number of allylic oxidation sites excluding steroid dienone is 10. The fraction of sp³-hybridized carbons (Fsp3) is 0.800. The molecule has 6 nitrogen and oxygen atoms in total. The van der Waals surface area contributed by atoms with Gasteiger partial charge < -0.3 is 14.2 Å². The van der Waals surface area contributed by atoms with Crippen LogP contribution in [-0.4, -0.2) is 37.2 Å². The van der Waals surface area contributed by atoms with Crippen molar-refractivity contribution in [2.24, 2.45) is 0 Å². The van der Waals surface area contributed by atoms with E-state index in [1.54, 1.807) is 0 Å². The van der Waals surface area contributed by atoms with Crippen molar-refractivity contribution in [1.29, 1.82) is 0 Å². The zero-order chi connectivity index (χ0) is 51.4. The average molecular weight is 994 g/mol. The Morgan fingerprint density at radius 1 is 0.296 bits per heavy atom. The average Bonchev–Trinajstić information content (AvgIpc) is 3.37. The van der Waals surface area contributed by atoms with Crippen molar-refractivity contribution in [2.45, 2.75) is 322 Å². The largest absolute Gasteiger partial charge is 0.462 e. The summed E-state index contributed by atoms with van der Waals surface area (Å²) in [6.45, 7) is 6.55. The first-order chi connectivity index (χ1) is 35.0. The summed E-state index contributed by atoms with van der Waals surface area (Å²) in [7, 11) is 0. The number of esters is 3. The first kappa shape index (κ1) is 68.1. The highest BCUT2D eigenvalue weighted by molar-refractivity contribution is 5.71. The molecule has 0 fully saturated rings. The molecule has 0 aromatic carbocycles. The summed E-state index contributed by atoms with van der Waals surface area (Å²) in [4.78, 5) is 38.2. The zero-order valence-electron chi connectivity index (χ0n) is 47.2. The minimum atomic E-state index is -0.775. The standard InChI is InChI=1S/C65H116O6/c1-4-7-10-13-16-19-22-24-26-28-30-31-32-33-35-36-38-40-43-46-49-52-55-58-64(67)70-61-62(60-69-63(66)57-54-51-48-45-42-21-18-15-12-9-6-3)71-65(68)59-56-53-50-47-44-41-39-37-34-29-27-25-23-20-17-14-11-8-5-2/h7,10,16,19,24,26,30-31,33,35,62H,4-6,8-9,11-15,17-18,20-23,25,27-29,32,34,36-61H2,1-3H3/b10-7-,19-16-,26-24-,31-30-,35-33-. The van der Waals surface area contributed by atoms with Gasteiger partial charge in [-0.05, 0) is 64.2 Å². The molecule has 0 aromatic heterocycles. The lowest BCUT2D eigenvalue weighted by molar-refractivity contribution is -0.167. The van der Waals surface area contributed by atoms with Crippen LogP contribution in [0.5, 0.6) is 0 Å². The van der Waals surface area contributed by atoms with Crippen LogP contribution in [0.1, 0.15) is 316 Å². The molecule has 71 heavy (non-hydrogen) atoms. The second-order valence-electron chi connectivity index (χ2n) is 20.6. The molecule has 1 unspecified atom stereocenters. The van der Waals surface area contributed by atoms with E-state index in [0.717, 1.165) is 96.3 Å². The molecular weight excluding hydrogens is 877 g/mol. The van der Waals surface area contributed by atoms with Crippen LogP contribution < -0.4 is 0 Å². The zero-order valence-corrected chi connectivity index (χ0v) is 47.2. The minimum absolute atomic E-state index is 0.0733. The van der Waals surface area contributed by atoms with Gasteiger partial charge in [-0.3, -0.25) is 14.4 Å². The Balaban J connectivity index is 4.29. The van der Waals surface area contributed by atoms with Gasteiger partial charge >= 0.3 is 17.9 Å². The van der Waals surface area contributed by atoms with Gasteiger partial charge in [0.25, 0.3) is 0 Å². The van der Waals surface area contributed by atoms with E-state index < -0.39 is 6.10 Å². The summed E-state index contributed by atoms with van der Waals surface area (Å²) in [5, 5.41) is 0. The number of rotatable bonds is 56. The highest BCUT2D eigenvalue weighted by Crippen LogP contribution is 2.17. The molecule has 0 saturated carbocycles. The smallest absolute Gasteiger partial charge is 0.306 e. The van der Waals surface area contributed by atoms with E-state index in [0.29, 0.717) is 19.3 Å². The summed E-state index contributed by atoms with van der Waals surface area (Å²) in [5.74, 6) is -0.868. The molecule has 0 aliphatic carbocycles. The Morgan fingerprint density at radius 2 is 0.549 bits per heavy atom. The monoisotopic (exact) mass is 993 g/mol. The quantitative estimate of drug-likeness (QED) is 0.0261. The van der Waals surface area contributed by atoms with Gasteiger partial charge in [-0.2, -0.15) is 0 Å². The molecule has 0 rings (SSSR count). The number of carbonyl (C=O) groups excluding carboxylic acids is 3. The van der Waals surface area contributed by atoms with Gasteiger partial charge in [-0.1, -0.05) is 293 Å². The molecule has 0 aromatic rings. The van der Waals surface area contributed by atoms with E-state index in [4.69, 9.17) is 14.2 Å². The number of unbranched alkanes of at least 4 members (excludes halogenated alkanes) is 35. The number of carbonyl (C=O) groups is 3. The Kier molecular flexibility index (Phi) is 57.2. The van der Waals surface area contributed by atoms with Crippen LogP contribution in [0.4, 0.5) is 0 Å². The van der Waals surface area contributed by atoms with Crippen molar-refractivity contribution in [1.82, 2.24) is 0 Å². The SMILES string of the molecule is CC/C=C\C/C=C\C/C=C\C/C=C\C/C=C\CCCCCCCCCC(=O)OCC(COC(=O)CCCCCCCCCCCCC)OC(=O)CCCCCCCCCCCCCCCCCCCCC. The Labute approximate surface area is 440 Å². The molecule has 0 spiro atoms. The third-order valence-corrected chi connectivity index (χ3v) is 13.5. The van der Waals surface area contributed by atoms with Gasteiger partial charge in [0, 0.05) is 19.3 Å². The van der Waals surface area contributed by atoms with E-state index >= 15 is 0 Å². The third kappa shape index (κ3) is 57.9. The van der Waals surface area contributed by atoms with Crippen LogP contribution in [0.25, 0.3) is 0 Å². The lowest BCUT2D eigenvalue weighted by Crippen LogP contribution is -2.30. The summed E-state index contributed by atoms with van der Waals surface area (Å²) in [6.07, 6.45) is 75.0. The summed E-state index contributed by atoms with van der Waals surface area (Å²) < 4.78 is 16.9. The lowest BCUT2D eigenvalue weighted by atomic mass is 10.0. The van der Waals surface area contributed by atoms with Gasteiger partial charge in [0.05, 0.1) is 0 Å². The minimum Gasteiger partial charge on any atom is -0.462 e. The fourth-order valence-electron chi connectivity index (χ4n) is 8.94. The van der Waals surface area contributed by atoms with Crippen molar-refractivity contribution in [2.75, 3.05) is 13.2 Å². The fourth-order valence-corrected chi connectivity index (χ4v) is 8.94. The van der Waals surface area contributed by atoms with Crippen LogP contribution in [0.2, 0.25) is 0 Å². The lowest BCUT2D eigenvalue weighted by Gasteiger charge is -2.18. The Hall–Kier alpha value is -2.89. The van der Waals surface area contributed by atoms with Crippen molar-refractivity contribution in [3.63, 3.8) is 0 Å². The first-order valence-corrected chi connectivity index (χ1v) is 30.8. The van der Waals surface area contributed by atoms with Crippen LogP contribution >= 0.6 is 0 Å². The van der Waals surface area contributed by atoms with Gasteiger partial charge in [0.1, 0.15) is 13.2 Å². The molecule has 1 atom stereocenters. The number of hydrogen-bond donors (Lipinski definition) is 0. The second kappa shape index (κ2) is 59.7. The van der Waals surface area contributed by atoms with E-state index in [1.165, 1.54) is 180 Å². The molecule has 0 aliphatic rings. The molecule has 0 amide bonds. The van der Waals surface area contributed by atoms with Crippen LogP contribution in [0.3, 0.4) is 0 Å². The molecular formula is C65H116O6. The third-order valence-electron chi connectivity index (χ3n) is 13.5. The number of ether oxygens (including phenoxy) is 3. The van der Waals surface area contributed by atoms with Crippen molar-refractivity contribution in [3.8, 4) is 0 Å². The van der Waals surface area contributed by atoms with Crippen molar-refractivity contribution >= 4 is 17.9 Å². The van der Waals surface area contributed by atoms with E-state index in [1.807, 2.05) is 0 Å². The Morgan fingerprint density at radius 3 is 0.859 bits per heavy atom. The molecule has 0 radical (unpaired) electrons. The van der Waals surface area contributed by atoms with Gasteiger partial charge in [-0.15, -0.1) is 0 Å². The maximum atomic E-state index is 12.9. The second-order valence-corrected chi connectivity index (χ2v) is 20.6. The van der Waals surface area contributed by atoms with Crippen LogP contribution in [0.15, 0.2) is 60.8 Å². The normalized spacial score (nSPS) is 12.4. The molecule has 0 aliphatic heterocycles. The topological polar surface area (TPSA) is 78.9 Å². The predicted octanol–water partition coefficient (Wildman–Crippen LogP) is 20.8. The van der Waals surface area contributed by atoms with E-state index in [2.05, 4.69) is 81.5 Å². The number of hydrogen-bond acceptors (Lipinski definition) is 6. The van der Waals surface area contributed by atoms with Crippen LogP contribution in [-0.2, 0) is 28.6 Å².